The van der Waals surface area contributed by atoms with Crippen LogP contribution >= 0.6 is 0 Å². The number of hydrogen-bond donors (Lipinski definition) is 4. The first kappa shape index (κ1) is 19.1. The molecule has 1 heterocycles. The molecule has 0 bridgehead atoms. The first-order valence-electron chi connectivity index (χ1n) is 8.14. The van der Waals surface area contributed by atoms with Crippen molar-refractivity contribution in [2.24, 2.45) is 0 Å². The molecule has 148 valence electrons. The van der Waals surface area contributed by atoms with Gasteiger partial charge in [-0.15, -0.1) is 13.2 Å². The summed E-state index contributed by atoms with van der Waals surface area (Å²) in [4.78, 5) is 25.2. The van der Waals surface area contributed by atoms with Crippen LogP contribution in [0.1, 0.15) is 0 Å². The van der Waals surface area contributed by atoms with Gasteiger partial charge in [0.2, 0.25) is 0 Å². The number of amides is 4. The lowest BCUT2D eigenvalue weighted by Gasteiger charge is -2.16. The molecule has 0 spiro atoms. The molecule has 0 aliphatic carbocycles. The van der Waals surface area contributed by atoms with E-state index >= 15 is 0 Å². The third-order valence-corrected chi connectivity index (χ3v) is 3.68. The zero-order valence-corrected chi connectivity index (χ0v) is 14.3. The molecule has 1 aliphatic heterocycles. The fourth-order valence-corrected chi connectivity index (χ4v) is 2.50. The summed E-state index contributed by atoms with van der Waals surface area (Å²) in [5.41, 5.74) is 6.37. The molecule has 2 aromatic carbocycles. The lowest BCUT2D eigenvalue weighted by molar-refractivity contribution is -0.274. The van der Waals surface area contributed by atoms with E-state index in [1.807, 2.05) is 0 Å². The van der Waals surface area contributed by atoms with Gasteiger partial charge in [0.25, 0.3) is 0 Å². The standard InChI is InChI=1S/C17H16F3N5O3/c18-17(19,20)28-14-6-4-11(5-7-14)23-24-15(26)22-12-2-1-3-13(10-12)25-9-8-21-16(25)27/h1-7,10,23H,8-9H2,(H,21,27)(H2,22,24,26). The summed E-state index contributed by atoms with van der Waals surface area (Å²) in [7, 11) is 0. The van der Waals surface area contributed by atoms with Gasteiger partial charge in [0.1, 0.15) is 5.75 Å². The molecule has 2 aromatic rings. The van der Waals surface area contributed by atoms with Gasteiger partial charge in [-0.3, -0.25) is 15.8 Å². The number of alkyl halides is 3. The summed E-state index contributed by atoms with van der Waals surface area (Å²) in [6, 6.07) is 10.8. The van der Waals surface area contributed by atoms with Crippen LogP contribution in [0.4, 0.5) is 39.8 Å². The minimum atomic E-state index is -4.77. The summed E-state index contributed by atoms with van der Waals surface area (Å²) < 4.78 is 40.1. The highest BCUT2D eigenvalue weighted by molar-refractivity contribution is 5.96. The number of urea groups is 2. The number of benzene rings is 2. The molecule has 4 amide bonds. The molecule has 1 saturated heterocycles. The minimum Gasteiger partial charge on any atom is -0.406 e. The lowest BCUT2D eigenvalue weighted by Crippen LogP contribution is -2.33. The number of carbonyl (C=O) groups excluding carboxylic acids is 2. The Balaban J connectivity index is 1.52. The van der Waals surface area contributed by atoms with Gasteiger partial charge in [0.05, 0.1) is 5.69 Å². The topological polar surface area (TPSA) is 94.7 Å². The molecule has 0 radical (unpaired) electrons. The molecule has 3 rings (SSSR count). The lowest BCUT2D eigenvalue weighted by atomic mass is 10.2. The second kappa shape index (κ2) is 7.94. The van der Waals surface area contributed by atoms with E-state index in [1.54, 1.807) is 29.2 Å². The molecule has 1 aliphatic rings. The second-order valence-corrected chi connectivity index (χ2v) is 5.71. The van der Waals surface area contributed by atoms with E-state index in [9.17, 15) is 22.8 Å². The number of hydrogen-bond acceptors (Lipinski definition) is 4. The Labute approximate surface area is 157 Å². The minimum absolute atomic E-state index is 0.207. The highest BCUT2D eigenvalue weighted by Gasteiger charge is 2.30. The van der Waals surface area contributed by atoms with E-state index in [2.05, 4.69) is 26.2 Å². The van der Waals surface area contributed by atoms with Crippen LogP contribution in [0.25, 0.3) is 0 Å². The van der Waals surface area contributed by atoms with Crippen LogP contribution in [0.2, 0.25) is 0 Å². The average Bonchev–Trinajstić information content (AvgIpc) is 3.06. The maximum atomic E-state index is 12.1. The number of hydrazine groups is 1. The van der Waals surface area contributed by atoms with Crippen molar-refractivity contribution in [3.8, 4) is 5.75 Å². The summed E-state index contributed by atoms with van der Waals surface area (Å²) in [6.45, 7) is 1.08. The van der Waals surface area contributed by atoms with Gasteiger partial charge in [-0.1, -0.05) is 6.07 Å². The van der Waals surface area contributed by atoms with Crippen molar-refractivity contribution in [3.05, 3.63) is 48.5 Å². The fourth-order valence-electron chi connectivity index (χ4n) is 2.50. The zero-order chi connectivity index (χ0) is 20.1. The van der Waals surface area contributed by atoms with Crippen LogP contribution in [0.3, 0.4) is 0 Å². The molecule has 0 unspecified atom stereocenters. The predicted octanol–water partition coefficient (Wildman–Crippen LogP) is 3.26. The van der Waals surface area contributed by atoms with Crippen molar-refractivity contribution in [2.75, 3.05) is 28.7 Å². The number of anilines is 3. The van der Waals surface area contributed by atoms with E-state index in [4.69, 9.17) is 0 Å². The van der Waals surface area contributed by atoms with Crippen LogP contribution in [-0.2, 0) is 0 Å². The van der Waals surface area contributed by atoms with Gasteiger partial charge in [0.15, 0.2) is 0 Å². The third kappa shape index (κ3) is 5.19. The maximum absolute atomic E-state index is 12.1. The summed E-state index contributed by atoms with van der Waals surface area (Å²) in [5.74, 6) is -0.370. The Kier molecular flexibility index (Phi) is 5.43. The SMILES string of the molecule is O=C(NNc1ccc(OC(F)(F)F)cc1)Nc1cccc(N2CCNC2=O)c1. The number of ether oxygens (including phenoxy) is 1. The number of nitrogens with one attached hydrogen (secondary N) is 4. The first-order valence-corrected chi connectivity index (χ1v) is 8.14. The monoisotopic (exact) mass is 395 g/mol. The molecule has 8 nitrogen and oxygen atoms in total. The molecular weight excluding hydrogens is 379 g/mol. The third-order valence-electron chi connectivity index (χ3n) is 3.68. The van der Waals surface area contributed by atoms with E-state index < -0.39 is 12.4 Å². The Bertz CT molecular complexity index is 858. The van der Waals surface area contributed by atoms with Crippen molar-refractivity contribution < 1.29 is 27.5 Å². The predicted molar refractivity (Wildman–Crippen MR) is 96.1 cm³/mol. The van der Waals surface area contributed by atoms with Crippen molar-refractivity contribution in [1.82, 2.24) is 10.7 Å². The Hall–Kier alpha value is -3.63. The fraction of sp³-hybridized carbons (Fsp3) is 0.176. The van der Waals surface area contributed by atoms with E-state index in [0.29, 0.717) is 30.2 Å². The zero-order valence-electron chi connectivity index (χ0n) is 14.3. The van der Waals surface area contributed by atoms with Gasteiger partial charge in [-0.05, 0) is 42.5 Å². The van der Waals surface area contributed by atoms with E-state index in [-0.39, 0.29) is 11.8 Å². The highest BCUT2D eigenvalue weighted by atomic mass is 19.4. The Morgan fingerprint density at radius 2 is 1.86 bits per heavy atom. The molecule has 1 fully saturated rings. The summed E-state index contributed by atoms with van der Waals surface area (Å²) in [5, 5.41) is 5.28. The molecule has 4 N–H and O–H groups in total. The van der Waals surface area contributed by atoms with Crippen LogP contribution in [0.15, 0.2) is 48.5 Å². The highest BCUT2D eigenvalue weighted by Crippen LogP contribution is 2.24. The molecule has 0 aromatic heterocycles. The molecule has 0 atom stereocenters. The average molecular weight is 395 g/mol. The van der Waals surface area contributed by atoms with Crippen LogP contribution in [-0.4, -0.2) is 31.5 Å². The van der Waals surface area contributed by atoms with Gasteiger partial charge in [0, 0.05) is 24.5 Å². The van der Waals surface area contributed by atoms with Crippen LogP contribution in [0.5, 0.6) is 5.75 Å². The number of nitrogens with zero attached hydrogens (tertiary/aromatic N) is 1. The van der Waals surface area contributed by atoms with Gasteiger partial charge >= 0.3 is 18.4 Å². The second-order valence-electron chi connectivity index (χ2n) is 5.71. The molecule has 28 heavy (non-hydrogen) atoms. The normalized spacial score (nSPS) is 13.7. The molecular formula is C17H16F3N5O3. The summed E-state index contributed by atoms with van der Waals surface area (Å²) in [6.07, 6.45) is -4.77. The van der Waals surface area contributed by atoms with Gasteiger partial charge < -0.3 is 15.4 Å². The van der Waals surface area contributed by atoms with E-state index in [1.165, 1.54) is 12.1 Å². The maximum Gasteiger partial charge on any atom is 0.573 e. The van der Waals surface area contributed by atoms with Crippen LogP contribution < -0.4 is 31.1 Å². The summed E-state index contributed by atoms with van der Waals surface area (Å²) >= 11 is 0. The van der Waals surface area contributed by atoms with Gasteiger partial charge in [-0.2, -0.15) is 0 Å². The van der Waals surface area contributed by atoms with Crippen molar-refractivity contribution in [3.63, 3.8) is 0 Å². The Morgan fingerprint density at radius 1 is 1.11 bits per heavy atom. The number of halogens is 3. The smallest absolute Gasteiger partial charge is 0.406 e. The van der Waals surface area contributed by atoms with Crippen molar-refractivity contribution in [2.45, 2.75) is 6.36 Å². The van der Waals surface area contributed by atoms with Gasteiger partial charge in [-0.25, -0.2) is 9.59 Å². The largest absolute Gasteiger partial charge is 0.573 e. The van der Waals surface area contributed by atoms with Crippen LogP contribution in [0, 0.1) is 0 Å². The molecule has 0 saturated carbocycles. The molecule has 11 heteroatoms. The van der Waals surface area contributed by atoms with Crippen molar-refractivity contribution >= 4 is 29.1 Å². The van der Waals surface area contributed by atoms with Crippen molar-refractivity contribution in [1.29, 1.82) is 0 Å². The number of rotatable bonds is 5. The number of carbonyl (C=O) groups is 2. The Morgan fingerprint density at radius 3 is 2.50 bits per heavy atom. The first-order chi connectivity index (χ1) is 13.3. The van der Waals surface area contributed by atoms with E-state index in [0.717, 1.165) is 12.1 Å². The quantitative estimate of drug-likeness (QED) is 0.585.